The minimum Gasteiger partial charge on any atom is -0.353 e. The van der Waals surface area contributed by atoms with Gasteiger partial charge >= 0.3 is 0 Å². The molecule has 0 saturated heterocycles. The second-order valence-electron chi connectivity index (χ2n) is 4.79. The number of hydrogen-bond acceptors (Lipinski definition) is 4. The third-order valence-corrected chi connectivity index (χ3v) is 3.14. The first-order valence-corrected chi connectivity index (χ1v) is 6.70. The Hall–Kier alpha value is -2.49. The Kier molecular flexibility index (Phi) is 3.54. The second kappa shape index (κ2) is 5.65. The first-order valence-electron chi connectivity index (χ1n) is 6.70. The van der Waals surface area contributed by atoms with Crippen LogP contribution in [0.2, 0.25) is 0 Å². The van der Waals surface area contributed by atoms with Crippen LogP contribution < -0.4 is 5.32 Å². The Labute approximate surface area is 117 Å². The first-order chi connectivity index (χ1) is 9.81. The first kappa shape index (κ1) is 12.5. The van der Waals surface area contributed by atoms with Crippen LogP contribution >= 0.6 is 0 Å². The van der Waals surface area contributed by atoms with Gasteiger partial charge in [0.1, 0.15) is 5.52 Å². The number of nitrogens with zero attached hydrogens (tertiary/aromatic N) is 3. The quantitative estimate of drug-likeness (QED) is 0.787. The van der Waals surface area contributed by atoms with Crippen LogP contribution in [-0.4, -0.2) is 21.7 Å². The maximum absolute atomic E-state index is 4.44. The number of nitrogens with one attached hydrogen (secondary N) is 1. The van der Waals surface area contributed by atoms with Crippen molar-refractivity contribution in [3.63, 3.8) is 0 Å². The van der Waals surface area contributed by atoms with Crippen molar-refractivity contribution in [2.45, 2.75) is 13.3 Å². The Bertz CT molecular complexity index is 724. The smallest absolute Gasteiger partial charge is 0.243 e. The molecule has 1 heterocycles. The van der Waals surface area contributed by atoms with E-state index in [2.05, 4.69) is 51.7 Å². The van der Waals surface area contributed by atoms with Crippen molar-refractivity contribution >= 4 is 17.0 Å². The van der Waals surface area contributed by atoms with Gasteiger partial charge in [-0.15, -0.1) is 10.2 Å². The highest BCUT2D eigenvalue weighted by Crippen LogP contribution is 2.09. The van der Waals surface area contributed by atoms with Gasteiger partial charge in [0.2, 0.25) is 5.95 Å². The molecule has 3 aromatic rings. The van der Waals surface area contributed by atoms with Crippen molar-refractivity contribution in [3.05, 3.63) is 59.7 Å². The van der Waals surface area contributed by atoms with E-state index in [1.54, 1.807) is 0 Å². The predicted octanol–water partition coefficient (Wildman–Crippen LogP) is 2.99. The zero-order valence-electron chi connectivity index (χ0n) is 11.4. The Morgan fingerprint density at radius 2 is 1.80 bits per heavy atom. The van der Waals surface area contributed by atoms with E-state index >= 15 is 0 Å². The van der Waals surface area contributed by atoms with E-state index < -0.39 is 0 Å². The van der Waals surface area contributed by atoms with Crippen LogP contribution in [0, 0.1) is 6.92 Å². The van der Waals surface area contributed by atoms with E-state index in [9.17, 15) is 0 Å². The lowest BCUT2D eigenvalue weighted by molar-refractivity contribution is 0.951. The van der Waals surface area contributed by atoms with Crippen molar-refractivity contribution in [2.24, 2.45) is 0 Å². The van der Waals surface area contributed by atoms with Gasteiger partial charge in [-0.25, -0.2) is 4.98 Å². The molecule has 2 aromatic carbocycles. The topological polar surface area (TPSA) is 50.7 Å². The maximum atomic E-state index is 4.44. The fourth-order valence-corrected chi connectivity index (χ4v) is 2.14. The van der Waals surface area contributed by atoms with Crippen molar-refractivity contribution in [1.82, 2.24) is 15.2 Å². The number of hydrogen-bond donors (Lipinski definition) is 1. The molecule has 100 valence electrons. The molecule has 0 radical (unpaired) electrons. The van der Waals surface area contributed by atoms with E-state index in [4.69, 9.17) is 0 Å². The Morgan fingerprint density at radius 1 is 0.950 bits per heavy atom. The molecule has 4 heteroatoms. The van der Waals surface area contributed by atoms with Gasteiger partial charge in [0.15, 0.2) is 0 Å². The van der Waals surface area contributed by atoms with Crippen molar-refractivity contribution in [3.8, 4) is 0 Å². The minimum atomic E-state index is 0.580. The summed E-state index contributed by atoms with van der Waals surface area (Å²) in [5.41, 5.74) is 4.27. The largest absolute Gasteiger partial charge is 0.353 e. The summed E-state index contributed by atoms with van der Waals surface area (Å²) in [6.45, 7) is 2.90. The monoisotopic (exact) mass is 264 g/mol. The number of fused-ring (bicyclic) bond motifs is 1. The molecule has 1 aromatic heterocycles. The average Bonchev–Trinajstić information content (AvgIpc) is 2.47. The maximum Gasteiger partial charge on any atom is 0.243 e. The Morgan fingerprint density at radius 3 is 2.65 bits per heavy atom. The summed E-state index contributed by atoms with van der Waals surface area (Å²) < 4.78 is 0. The highest BCUT2D eigenvalue weighted by molar-refractivity contribution is 5.73. The number of rotatable bonds is 4. The molecular formula is C16H16N4. The molecule has 0 spiro atoms. The SMILES string of the molecule is Cc1cccc(CCNc2nnc3ccccc3n2)c1. The molecule has 3 rings (SSSR count). The summed E-state index contributed by atoms with van der Waals surface area (Å²) in [4.78, 5) is 4.44. The molecule has 0 fully saturated rings. The highest BCUT2D eigenvalue weighted by atomic mass is 15.2. The average molecular weight is 264 g/mol. The summed E-state index contributed by atoms with van der Waals surface area (Å²) >= 11 is 0. The second-order valence-corrected chi connectivity index (χ2v) is 4.79. The number of aryl methyl sites for hydroxylation is 1. The minimum absolute atomic E-state index is 0.580. The molecular weight excluding hydrogens is 248 g/mol. The lowest BCUT2D eigenvalue weighted by Crippen LogP contribution is -2.08. The molecule has 0 bridgehead atoms. The van der Waals surface area contributed by atoms with E-state index in [-0.39, 0.29) is 0 Å². The van der Waals surface area contributed by atoms with Crippen LogP contribution in [0.4, 0.5) is 5.95 Å². The molecule has 0 aliphatic rings. The number of para-hydroxylation sites is 1. The molecule has 0 aliphatic carbocycles. The van der Waals surface area contributed by atoms with Crippen LogP contribution in [0.25, 0.3) is 11.0 Å². The van der Waals surface area contributed by atoms with E-state index in [1.807, 2.05) is 24.3 Å². The van der Waals surface area contributed by atoms with Gasteiger partial charge in [0, 0.05) is 6.54 Å². The van der Waals surface area contributed by atoms with Gasteiger partial charge in [-0.3, -0.25) is 0 Å². The van der Waals surface area contributed by atoms with Gasteiger partial charge in [-0.1, -0.05) is 42.0 Å². The molecule has 0 amide bonds. The molecule has 0 saturated carbocycles. The lowest BCUT2D eigenvalue weighted by atomic mass is 10.1. The number of aromatic nitrogens is 3. The standard InChI is InChI=1S/C16H16N4/c1-12-5-4-6-13(11-12)9-10-17-16-18-14-7-2-3-8-15(14)19-20-16/h2-8,11H,9-10H2,1H3,(H,17,18,20). The molecule has 0 unspecified atom stereocenters. The number of benzene rings is 2. The van der Waals surface area contributed by atoms with Gasteiger partial charge in [0.25, 0.3) is 0 Å². The zero-order chi connectivity index (χ0) is 13.8. The van der Waals surface area contributed by atoms with E-state index in [0.717, 1.165) is 24.0 Å². The van der Waals surface area contributed by atoms with Gasteiger partial charge < -0.3 is 5.32 Å². The normalized spacial score (nSPS) is 10.7. The van der Waals surface area contributed by atoms with Gasteiger partial charge in [-0.05, 0) is 31.0 Å². The molecule has 20 heavy (non-hydrogen) atoms. The summed E-state index contributed by atoms with van der Waals surface area (Å²) in [7, 11) is 0. The third-order valence-electron chi connectivity index (χ3n) is 3.14. The van der Waals surface area contributed by atoms with E-state index in [0.29, 0.717) is 5.95 Å². The molecule has 0 atom stereocenters. The van der Waals surface area contributed by atoms with Gasteiger partial charge in [-0.2, -0.15) is 0 Å². The van der Waals surface area contributed by atoms with Crippen molar-refractivity contribution in [2.75, 3.05) is 11.9 Å². The van der Waals surface area contributed by atoms with Crippen LogP contribution in [0.1, 0.15) is 11.1 Å². The van der Waals surface area contributed by atoms with Crippen molar-refractivity contribution < 1.29 is 0 Å². The van der Waals surface area contributed by atoms with Crippen LogP contribution in [0.5, 0.6) is 0 Å². The fourth-order valence-electron chi connectivity index (χ4n) is 2.14. The summed E-state index contributed by atoms with van der Waals surface area (Å²) in [6.07, 6.45) is 0.942. The van der Waals surface area contributed by atoms with Gasteiger partial charge in [0.05, 0.1) is 5.52 Å². The highest BCUT2D eigenvalue weighted by Gasteiger charge is 2.00. The van der Waals surface area contributed by atoms with Crippen LogP contribution in [-0.2, 0) is 6.42 Å². The summed E-state index contributed by atoms with van der Waals surface area (Å²) in [5.74, 6) is 0.580. The summed E-state index contributed by atoms with van der Waals surface area (Å²) in [6, 6.07) is 16.3. The Balaban J connectivity index is 1.65. The van der Waals surface area contributed by atoms with Crippen molar-refractivity contribution in [1.29, 1.82) is 0 Å². The lowest BCUT2D eigenvalue weighted by Gasteiger charge is -2.05. The van der Waals surface area contributed by atoms with Crippen LogP contribution in [0.15, 0.2) is 48.5 Å². The van der Waals surface area contributed by atoms with Crippen LogP contribution in [0.3, 0.4) is 0 Å². The molecule has 1 N–H and O–H groups in total. The molecule has 4 nitrogen and oxygen atoms in total. The predicted molar refractivity (Wildman–Crippen MR) is 80.7 cm³/mol. The summed E-state index contributed by atoms with van der Waals surface area (Å²) in [5, 5.41) is 11.4. The third kappa shape index (κ3) is 2.91. The zero-order valence-corrected chi connectivity index (χ0v) is 11.4. The molecule has 0 aliphatic heterocycles. The fraction of sp³-hybridized carbons (Fsp3) is 0.188. The number of anilines is 1. The van der Waals surface area contributed by atoms with E-state index in [1.165, 1.54) is 11.1 Å².